The summed E-state index contributed by atoms with van der Waals surface area (Å²) in [6, 6.07) is 5.79. The Labute approximate surface area is 156 Å². The molecule has 0 bridgehead atoms. The van der Waals surface area contributed by atoms with E-state index in [1.165, 1.54) is 45.3 Å². The maximum atomic E-state index is 12.2. The van der Waals surface area contributed by atoms with Crippen LogP contribution in [0.5, 0.6) is 0 Å². The second-order valence-electron chi connectivity index (χ2n) is 6.28. The molecule has 0 unspecified atom stereocenters. The molecule has 1 N–H and O–H groups in total. The summed E-state index contributed by atoms with van der Waals surface area (Å²) < 4.78 is 25.2. The lowest BCUT2D eigenvalue weighted by molar-refractivity contribution is -0.128. The number of hydrogen-bond donors (Lipinski definition) is 1. The minimum absolute atomic E-state index is 0.00593. The first-order valence-corrected chi connectivity index (χ1v) is 10.2. The van der Waals surface area contributed by atoms with Gasteiger partial charge in [-0.15, -0.1) is 0 Å². The molecule has 8 heteroatoms. The van der Waals surface area contributed by atoms with Crippen LogP contribution < -0.4 is 5.32 Å². The van der Waals surface area contributed by atoms with Crippen molar-refractivity contribution < 1.29 is 18.0 Å². The Bertz CT molecular complexity index is 700. The molecule has 0 aromatic heterocycles. The Hall–Kier alpha value is -1.93. The summed E-state index contributed by atoms with van der Waals surface area (Å²) in [5.41, 5.74) is 0.378. The van der Waals surface area contributed by atoms with E-state index in [-0.39, 0.29) is 16.7 Å². The Kier molecular flexibility index (Phi) is 8.74. The fraction of sp³-hybridized carbons (Fsp3) is 0.556. The third-order valence-electron chi connectivity index (χ3n) is 4.04. The van der Waals surface area contributed by atoms with Crippen molar-refractivity contribution in [3.05, 3.63) is 29.8 Å². The predicted molar refractivity (Wildman–Crippen MR) is 101 cm³/mol. The zero-order valence-corrected chi connectivity index (χ0v) is 16.8. The minimum atomic E-state index is -3.51. The van der Waals surface area contributed by atoms with Crippen molar-refractivity contribution in [2.45, 2.75) is 38.0 Å². The van der Waals surface area contributed by atoms with E-state index >= 15 is 0 Å². The van der Waals surface area contributed by atoms with E-state index in [1.54, 1.807) is 4.90 Å². The van der Waals surface area contributed by atoms with Crippen LogP contribution in [0.15, 0.2) is 29.2 Å². The van der Waals surface area contributed by atoms with Gasteiger partial charge in [0, 0.05) is 46.2 Å². The zero-order chi connectivity index (χ0) is 19.7. The van der Waals surface area contributed by atoms with E-state index in [4.69, 9.17) is 0 Å². The highest BCUT2D eigenvalue weighted by molar-refractivity contribution is 7.89. The monoisotopic (exact) mass is 383 g/mol. The number of rotatable bonds is 10. The maximum absolute atomic E-state index is 12.2. The molecule has 0 fully saturated rings. The van der Waals surface area contributed by atoms with Crippen LogP contribution in [0.25, 0.3) is 0 Å². The van der Waals surface area contributed by atoms with Gasteiger partial charge in [0.05, 0.1) is 4.90 Å². The first-order chi connectivity index (χ1) is 12.2. The fourth-order valence-electron chi connectivity index (χ4n) is 2.37. The van der Waals surface area contributed by atoms with Gasteiger partial charge in [0.1, 0.15) is 0 Å². The Morgan fingerprint density at radius 1 is 1.04 bits per heavy atom. The van der Waals surface area contributed by atoms with Gasteiger partial charge in [0.15, 0.2) is 0 Å². The van der Waals surface area contributed by atoms with Crippen molar-refractivity contribution in [3.63, 3.8) is 0 Å². The van der Waals surface area contributed by atoms with Crippen LogP contribution in [-0.2, 0) is 14.8 Å². The van der Waals surface area contributed by atoms with E-state index in [9.17, 15) is 18.0 Å². The van der Waals surface area contributed by atoms with Crippen molar-refractivity contribution >= 4 is 21.8 Å². The van der Waals surface area contributed by atoms with Crippen LogP contribution in [0, 0.1) is 0 Å². The highest BCUT2D eigenvalue weighted by Gasteiger charge is 2.17. The average molecular weight is 384 g/mol. The first-order valence-electron chi connectivity index (χ1n) is 8.76. The van der Waals surface area contributed by atoms with Crippen LogP contribution >= 0.6 is 0 Å². The molecule has 0 aliphatic heterocycles. The Morgan fingerprint density at radius 2 is 1.65 bits per heavy atom. The second kappa shape index (κ2) is 10.3. The summed E-state index contributed by atoms with van der Waals surface area (Å²) >= 11 is 0. The van der Waals surface area contributed by atoms with Gasteiger partial charge in [-0.1, -0.05) is 19.8 Å². The van der Waals surface area contributed by atoms with E-state index < -0.39 is 10.0 Å². The van der Waals surface area contributed by atoms with Crippen LogP contribution in [0.4, 0.5) is 0 Å². The van der Waals surface area contributed by atoms with E-state index in [1.807, 2.05) is 0 Å². The minimum Gasteiger partial charge on any atom is -0.350 e. The summed E-state index contributed by atoms with van der Waals surface area (Å²) in [6.07, 6.45) is 3.10. The summed E-state index contributed by atoms with van der Waals surface area (Å²) in [4.78, 5) is 25.7. The summed E-state index contributed by atoms with van der Waals surface area (Å²) in [6.45, 7) is 5.13. The average Bonchev–Trinajstić information content (AvgIpc) is 2.60. The van der Waals surface area contributed by atoms with Gasteiger partial charge in [-0.3, -0.25) is 9.59 Å². The molecule has 0 aliphatic carbocycles. The van der Waals surface area contributed by atoms with Crippen molar-refractivity contribution in [1.82, 2.24) is 14.5 Å². The highest BCUT2D eigenvalue weighted by Crippen LogP contribution is 2.13. The summed E-state index contributed by atoms with van der Waals surface area (Å²) in [7, 11) is -0.600. The molecule has 146 valence electrons. The van der Waals surface area contributed by atoms with Crippen LogP contribution in [0.2, 0.25) is 0 Å². The molecule has 0 atom stereocenters. The van der Waals surface area contributed by atoms with Crippen LogP contribution in [-0.4, -0.2) is 63.2 Å². The van der Waals surface area contributed by atoms with Crippen molar-refractivity contribution in [2.24, 2.45) is 0 Å². The van der Waals surface area contributed by atoms with Crippen LogP contribution in [0.3, 0.4) is 0 Å². The molecule has 0 saturated heterocycles. The molecule has 7 nitrogen and oxygen atoms in total. The van der Waals surface area contributed by atoms with E-state index in [0.29, 0.717) is 25.2 Å². The summed E-state index contributed by atoms with van der Waals surface area (Å²) in [5.74, 6) is -0.301. The molecule has 0 heterocycles. The van der Waals surface area contributed by atoms with Gasteiger partial charge in [0.25, 0.3) is 5.91 Å². The molecule has 1 rings (SSSR count). The topological polar surface area (TPSA) is 86.8 Å². The number of carbonyl (C=O) groups excluding carboxylic acids is 2. The molecule has 0 aliphatic rings. The number of hydrogen-bond acceptors (Lipinski definition) is 4. The molecule has 26 heavy (non-hydrogen) atoms. The fourth-order valence-corrected chi connectivity index (χ4v) is 3.28. The summed E-state index contributed by atoms with van der Waals surface area (Å²) in [5, 5.41) is 2.76. The van der Waals surface area contributed by atoms with E-state index in [2.05, 4.69) is 12.2 Å². The second-order valence-corrected chi connectivity index (χ2v) is 8.43. The number of unbranched alkanes of at least 4 members (excludes halogenated alkanes) is 2. The zero-order valence-electron chi connectivity index (χ0n) is 16.0. The lowest BCUT2D eigenvalue weighted by Crippen LogP contribution is -2.38. The van der Waals surface area contributed by atoms with Gasteiger partial charge in [0.2, 0.25) is 15.9 Å². The molecular formula is C18H29N3O4S. The van der Waals surface area contributed by atoms with Crippen molar-refractivity contribution in [1.29, 1.82) is 0 Å². The molecular weight excluding hydrogens is 354 g/mol. The maximum Gasteiger partial charge on any atom is 0.251 e. The third-order valence-corrected chi connectivity index (χ3v) is 5.87. The number of nitrogens with zero attached hydrogens (tertiary/aromatic N) is 2. The molecule has 0 saturated carbocycles. The highest BCUT2D eigenvalue weighted by atomic mass is 32.2. The number of amides is 2. The van der Waals surface area contributed by atoms with E-state index in [0.717, 1.165) is 23.6 Å². The third kappa shape index (κ3) is 6.42. The number of sulfonamides is 1. The number of carbonyl (C=O) groups is 2. The van der Waals surface area contributed by atoms with Gasteiger partial charge in [-0.2, -0.15) is 0 Å². The number of nitrogens with one attached hydrogen (secondary N) is 1. The molecule has 1 aromatic carbocycles. The SMILES string of the molecule is CCCCCN(CCNC(=O)c1ccc(S(=O)(=O)N(C)C)cc1)C(C)=O. The number of benzene rings is 1. The molecule has 2 amide bonds. The lowest BCUT2D eigenvalue weighted by atomic mass is 10.2. The predicted octanol–water partition coefficient (Wildman–Crippen LogP) is 1.71. The normalized spacial score (nSPS) is 11.4. The smallest absolute Gasteiger partial charge is 0.251 e. The first kappa shape index (κ1) is 22.1. The standard InChI is InChI=1S/C18H29N3O4S/c1-5-6-7-13-21(15(2)22)14-12-19-18(23)16-8-10-17(11-9-16)26(24,25)20(3)4/h8-11H,5-7,12-14H2,1-4H3,(H,19,23). The Balaban J connectivity index is 2.59. The Morgan fingerprint density at radius 3 is 2.15 bits per heavy atom. The van der Waals surface area contributed by atoms with Gasteiger partial charge < -0.3 is 10.2 Å². The molecule has 0 radical (unpaired) electrons. The van der Waals surface area contributed by atoms with Gasteiger partial charge in [-0.25, -0.2) is 12.7 Å². The van der Waals surface area contributed by atoms with Gasteiger partial charge >= 0.3 is 0 Å². The molecule has 1 aromatic rings. The van der Waals surface area contributed by atoms with Crippen LogP contribution in [0.1, 0.15) is 43.5 Å². The quantitative estimate of drug-likeness (QED) is 0.623. The van der Waals surface area contributed by atoms with Crippen molar-refractivity contribution in [2.75, 3.05) is 33.7 Å². The molecule has 0 spiro atoms. The largest absolute Gasteiger partial charge is 0.350 e. The van der Waals surface area contributed by atoms with Gasteiger partial charge in [-0.05, 0) is 30.7 Å². The van der Waals surface area contributed by atoms with Crippen molar-refractivity contribution in [3.8, 4) is 0 Å². The lowest BCUT2D eigenvalue weighted by Gasteiger charge is -2.21.